The molecule has 1 atom stereocenters. The molecule has 130 valence electrons. The summed E-state index contributed by atoms with van der Waals surface area (Å²) in [7, 11) is -4.00. The van der Waals surface area contributed by atoms with Crippen LogP contribution in [0.15, 0.2) is 53.4 Å². The fraction of sp³-hybridized carbons (Fsp3) is 0.294. The Morgan fingerprint density at radius 3 is 2.00 bits per heavy atom. The molecule has 0 heterocycles. The number of halogens is 3. The molecule has 2 rings (SSSR count). The van der Waals surface area contributed by atoms with E-state index in [0.29, 0.717) is 12.0 Å². The minimum Gasteiger partial charge on any atom is -0.258 e. The number of hydrogen-bond donors (Lipinski definition) is 0. The van der Waals surface area contributed by atoms with Crippen molar-refractivity contribution in [2.75, 3.05) is 0 Å². The molecule has 0 aliphatic carbocycles. The highest BCUT2D eigenvalue weighted by Crippen LogP contribution is 2.32. The Kier molecular flexibility index (Phi) is 5.35. The molecule has 0 N–H and O–H groups in total. The molecular weight excluding hydrogens is 341 g/mol. The smallest absolute Gasteiger partial charge is 0.258 e. The highest BCUT2D eigenvalue weighted by molar-refractivity contribution is 7.86. The van der Waals surface area contributed by atoms with Gasteiger partial charge in [-0.15, -0.1) is 0 Å². The summed E-state index contributed by atoms with van der Waals surface area (Å²) in [6, 6.07) is 10.5. The molecule has 0 spiro atoms. The minimum absolute atomic E-state index is 0.0125. The van der Waals surface area contributed by atoms with Gasteiger partial charge in [-0.1, -0.05) is 36.8 Å². The summed E-state index contributed by atoms with van der Waals surface area (Å²) in [4.78, 5) is 0.0125. The second-order valence-electron chi connectivity index (χ2n) is 5.38. The summed E-state index contributed by atoms with van der Waals surface area (Å²) in [6.07, 6.45) is -4.98. The first-order chi connectivity index (χ1) is 11.1. The first-order valence-corrected chi connectivity index (χ1v) is 8.71. The Morgan fingerprint density at radius 2 is 1.54 bits per heavy atom. The van der Waals surface area contributed by atoms with Crippen LogP contribution in [-0.2, 0) is 20.5 Å². The quantitative estimate of drug-likeness (QED) is 0.716. The molecule has 2 aromatic rings. The summed E-state index contributed by atoms with van der Waals surface area (Å²) in [6.45, 7) is 3.53. The van der Waals surface area contributed by atoms with Crippen LogP contribution in [0, 0.1) is 6.92 Å². The second kappa shape index (κ2) is 6.94. The van der Waals surface area contributed by atoms with E-state index in [1.54, 1.807) is 19.1 Å². The zero-order valence-corrected chi connectivity index (χ0v) is 14.0. The summed E-state index contributed by atoms with van der Waals surface area (Å²) in [5.41, 5.74) is 0.493. The molecule has 0 saturated heterocycles. The van der Waals surface area contributed by atoms with Gasteiger partial charge in [-0.2, -0.15) is 21.6 Å². The van der Waals surface area contributed by atoms with Crippen molar-refractivity contribution in [3.8, 4) is 0 Å². The number of alkyl halides is 3. The van der Waals surface area contributed by atoms with Crippen LogP contribution in [0.4, 0.5) is 13.2 Å². The van der Waals surface area contributed by atoms with E-state index < -0.39 is 28.0 Å². The standard InChI is InChI=1S/C17H17F3O3S/c1-3-16(13-6-8-14(9-7-13)17(18,19)20)23-24(21,22)15-10-4-12(2)5-11-15/h4-11,16H,3H2,1-2H3. The van der Waals surface area contributed by atoms with Gasteiger partial charge in [-0.25, -0.2) is 0 Å². The van der Waals surface area contributed by atoms with Gasteiger partial charge in [0.15, 0.2) is 0 Å². The van der Waals surface area contributed by atoms with Gasteiger partial charge in [0.25, 0.3) is 10.1 Å². The fourth-order valence-electron chi connectivity index (χ4n) is 2.16. The number of rotatable bonds is 5. The molecule has 1 unspecified atom stereocenters. The van der Waals surface area contributed by atoms with Crippen LogP contribution in [0.2, 0.25) is 0 Å². The average Bonchev–Trinajstić information content (AvgIpc) is 2.52. The molecule has 24 heavy (non-hydrogen) atoms. The van der Waals surface area contributed by atoms with Crippen LogP contribution < -0.4 is 0 Å². The third-order valence-electron chi connectivity index (χ3n) is 3.53. The minimum atomic E-state index is -4.44. The highest BCUT2D eigenvalue weighted by atomic mass is 32.2. The largest absolute Gasteiger partial charge is 0.416 e. The Hall–Kier alpha value is -1.86. The van der Waals surface area contributed by atoms with E-state index in [1.807, 2.05) is 6.92 Å². The van der Waals surface area contributed by atoms with E-state index in [0.717, 1.165) is 17.7 Å². The molecule has 7 heteroatoms. The van der Waals surface area contributed by atoms with Crippen molar-refractivity contribution in [1.29, 1.82) is 0 Å². The highest BCUT2D eigenvalue weighted by Gasteiger charge is 2.30. The van der Waals surface area contributed by atoms with Crippen LogP contribution in [0.1, 0.15) is 36.1 Å². The van der Waals surface area contributed by atoms with Gasteiger partial charge in [-0.3, -0.25) is 4.18 Å². The molecular formula is C17H17F3O3S. The summed E-state index contributed by atoms with van der Waals surface area (Å²) in [5, 5.41) is 0. The third kappa shape index (κ3) is 4.36. The molecule has 0 amide bonds. The Morgan fingerprint density at radius 1 is 1.00 bits per heavy atom. The maximum absolute atomic E-state index is 12.6. The van der Waals surface area contributed by atoms with Gasteiger partial charge in [-0.05, 0) is 43.2 Å². The second-order valence-corrected chi connectivity index (χ2v) is 6.95. The van der Waals surface area contributed by atoms with Crippen LogP contribution in [0.3, 0.4) is 0 Å². The normalized spacial score (nSPS) is 13.7. The molecule has 0 bridgehead atoms. The average molecular weight is 358 g/mol. The lowest BCUT2D eigenvalue weighted by atomic mass is 10.1. The van der Waals surface area contributed by atoms with Crippen molar-refractivity contribution in [3.63, 3.8) is 0 Å². The predicted molar refractivity (Wildman–Crippen MR) is 83.9 cm³/mol. The van der Waals surface area contributed by atoms with Gasteiger partial charge >= 0.3 is 6.18 Å². The van der Waals surface area contributed by atoms with E-state index in [-0.39, 0.29) is 4.90 Å². The van der Waals surface area contributed by atoms with E-state index >= 15 is 0 Å². The number of benzene rings is 2. The van der Waals surface area contributed by atoms with Crippen molar-refractivity contribution in [2.24, 2.45) is 0 Å². The van der Waals surface area contributed by atoms with Crippen molar-refractivity contribution in [1.82, 2.24) is 0 Å². The van der Waals surface area contributed by atoms with Crippen molar-refractivity contribution in [3.05, 3.63) is 65.2 Å². The fourth-order valence-corrected chi connectivity index (χ4v) is 3.29. The lowest BCUT2D eigenvalue weighted by molar-refractivity contribution is -0.137. The summed E-state index contributed by atoms with van der Waals surface area (Å²) in [5.74, 6) is 0. The lowest BCUT2D eigenvalue weighted by Crippen LogP contribution is -2.12. The Balaban J connectivity index is 2.24. The first kappa shape index (κ1) is 18.5. The molecule has 3 nitrogen and oxygen atoms in total. The SMILES string of the molecule is CCC(OS(=O)(=O)c1ccc(C)cc1)c1ccc(C(F)(F)F)cc1. The molecule has 0 aliphatic rings. The van der Waals surface area contributed by atoms with Crippen LogP contribution in [0.25, 0.3) is 0 Å². The topological polar surface area (TPSA) is 43.4 Å². The van der Waals surface area contributed by atoms with Crippen LogP contribution in [0.5, 0.6) is 0 Å². The van der Waals surface area contributed by atoms with Gasteiger partial charge < -0.3 is 0 Å². The molecule has 0 aromatic heterocycles. The first-order valence-electron chi connectivity index (χ1n) is 7.30. The van der Waals surface area contributed by atoms with Gasteiger partial charge in [0.05, 0.1) is 10.5 Å². The number of hydrogen-bond acceptors (Lipinski definition) is 3. The lowest BCUT2D eigenvalue weighted by Gasteiger charge is -2.17. The summed E-state index contributed by atoms with van der Waals surface area (Å²) < 4.78 is 67.6. The van der Waals surface area contributed by atoms with E-state index in [4.69, 9.17) is 4.18 Å². The van der Waals surface area contributed by atoms with Crippen molar-refractivity contribution >= 4 is 10.1 Å². The Bertz CT molecular complexity index is 779. The summed E-state index contributed by atoms with van der Waals surface area (Å²) >= 11 is 0. The van der Waals surface area contributed by atoms with E-state index in [1.165, 1.54) is 24.3 Å². The zero-order valence-electron chi connectivity index (χ0n) is 13.2. The molecule has 0 saturated carbocycles. The maximum Gasteiger partial charge on any atom is 0.416 e. The van der Waals surface area contributed by atoms with Crippen LogP contribution in [-0.4, -0.2) is 8.42 Å². The number of aryl methyl sites for hydroxylation is 1. The van der Waals surface area contributed by atoms with E-state index in [2.05, 4.69) is 0 Å². The van der Waals surface area contributed by atoms with Gasteiger partial charge in [0.2, 0.25) is 0 Å². The Labute approximate surface area is 139 Å². The third-order valence-corrected chi connectivity index (χ3v) is 4.87. The monoisotopic (exact) mass is 358 g/mol. The van der Waals surface area contributed by atoms with Crippen LogP contribution >= 0.6 is 0 Å². The van der Waals surface area contributed by atoms with E-state index in [9.17, 15) is 21.6 Å². The molecule has 0 aliphatic heterocycles. The van der Waals surface area contributed by atoms with Crippen molar-refractivity contribution < 1.29 is 25.8 Å². The van der Waals surface area contributed by atoms with Gasteiger partial charge in [0, 0.05) is 0 Å². The molecule has 0 fully saturated rings. The maximum atomic E-state index is 12.6. The van der Waals surface area contributed by atoms with Crippen molar-refractivity contribution in [2.45, 2.75) is 37.4 Å². The van der Waals surface area contributed by atoms with Gasteiger partial charge in [0.1, 0.15) is 6.10 Å². The zero-order chi connectivity index (χ0) is 18.0. The molecule has 2 aromatic carbocycles. The predicted octanol–water partition coefficient (Wildman–Crippen LogP) is 4.87. The molecule has 0 radical (unpaired) electrons.